The number of amides is 2. The summed E-state index contributed by atoms with van der Waals surface area (Å²) in [5, 5.41) is 7.30. The minimum absolute atomic E-state index is 0.213. The molecule has 2 aromatic carbocycles. The van der Waals surface area contributed by atoms with Gasteiger partial charge in [-0.2, -0.15) is 0 Å². The molecule has 4 nitrogen and oxygen atoms in total. The standard InChI is InChI=1S/C20H23N3OS2/c1-4-14(3)25-15-9-10-16(13(2)11-15)23-20(24)21-12-19-22-17-7-5-6-8-18(17)26-19/h5-11,14H,4,12H2,1-3H3,(H2,21,23,24). The quantitative estimate of drug-likeness (QED) is 0.526. The summed E-state index contributed by atoms with van der Waals surface area (Å²) in [5.74, 6) is 0. The van der Waals surface area contributed by atoms with Gasteiger partial charge in [-0.25, -0.2) is 9.78 Å². The summed E-state index contributed by atoms with van der Waals surface area (Å²) < 4.78 is 1.13. The second kappa shape index (κ2) is 8.56. The lowest BCUT2D eigenvalue weighted by atomic mass is 10.2. The van der Waals surface area contributed by atoms with Crippen molar-refractivity contribution in [3.63, 3.8) is 0 Å². The van der Waals surface area contributed by atoms with Crippen molar-refractivity contribution in [3.8, 4) is 0 Å². The number of aryl methyl sites for hydroxylation is 1. The summed E-state index contributed by atoms with van der Waals surface area (Å²) in [7, 11) is 0. The van der Waals surface area contributed by atoms with E-state index in [1.165, 1.54) is 4.90 Å². The van der Waals surface area contributed by atoms with E-state index in [0.717, 1.165) is 32.9 Å². The molecule has 6 heteroatoms. The molecule has 1 atom stereocenters. The van der Waals surface area contributed by atoms with Gasteiger partial charge in [-0.15, -0.1) is 23.1 Å². The maximum absolute atomic E-state index is 12.2. The Hall–Kier alpha value is -2.05. The normalized spacial score (nSPS) is 12.1. The highest BCUT2D eigenvalue weighted by molar-refractivity contribution is 7.99. The van der Waals surface area contributed by atoms with E-state index in [2.05, 4.69) is 41.6 Å². The van der Waals surface area contributed by atoms with Gasteiger partial charge in [0.15, 0.2) is 0 Å². The first kappa shape index (κ1) is 18.7. The first-order chi connectivity index (χ1) is 12.5. The molecule has 2 N–H and O–H groups in total. The molecule has 0 bridgehead atoms. The van der Waals surface area contributed by atoms with E-state index in [0.29, 0.717) is 11.8 Å². The summed E-state index contributed by atoms with van der Waals surface area (Å²) in [6.45, 7) is 6.86. The summed E-state index contributed by atoms with van der Waals surface area (Å²) in [4.78, 5) is 18.0. The number of thiazole rings is 1. The van der Waals surface area contributed by atoms with Crippen molar-refractivity contribution in [2.75, 3.05) is 5.32 Å². The van der Waals surface area contributed by atoms with Crippen LogP contribution in [0.3, 0.4) is 0 Å². The number of urea groups is 1. The third-order valence-corrected chi connectivity index (χ3v) is 6.39. The van der Waals surface area contributed by atoms with Crippen LogP contribution >= 0.6 is 23.1 Å². The Labute approximate surface area is 162 Å². The third kappa shape index (κ3) is 4.77. The van der Waals surface area contributed by atoms with E-state index in [4.69, 9.17) is 0 Å². The Bertz CT molecular complexity index is 874. The fourth-order valence-corrected chi connectivity index (χ4v) is 4.41. The molecule has 0 saturated carbocycles. The Morgan fingerprint density at radius 3 is 2.81 bits per heavy atom. The van der Waals surface area contributed by atoms with Gasteiger partial charge in [0, 0.05) is 15.8 Å². The number of hydrogen-bond acceptors (Lipinski definition) is 4. The van der Waals surface area contributed by atoms with Gasteiger partial charge in [0.05, 0.1) is 16.8 Å². The molecule has 0 aliphatic rings. The number of para-hydroxylation sites is 1. The highest BCUT2D eigenvalue weighted by Gasteiger charge is 2.09. The minimum Gasteiger partial charge on any atom is -0.331 e. The number of rotatable bonds is 6. The molecule has 3 aromatic rings. The molecule has 0 aliphatic heterocycles. The van der Waals surface area contributed by atoms with Crippen LogP contribution in [0.1, 0.15) is 30.8 Å². The molecule has 0 spiro atoms. The SMILES string of the molecule is CCC(C)Sc1ccc(NC(=O)NCc2nc3ccccc3s2)c(C)c1. The first-order valence-corrected chi connectivity index (χ1v) is 10.4. The number of benzene rings is 2. The molecule has 1 unspecified atom stereocenters. The van der Waals surface area contributed by atoms with Crippen LogP contribution in [-0.4, -0.2) is 16.3 Å². The maximum Gasteiger partial charge on any atom is 0.319 e. The predicted molar refractivity (Wildman–Crippen MR) is 112 cm³/mol. The number of nitrogens with one attached hydrogen (secondary N) is 2. The molecular weight excluding hydrogens is 362 g/mol. The average molecular weight is 386 g/mol. The topological polar surface area (TPSA) is 54.0 Å². The molecule has 2 amide bonds. The van der Waals surface area contributed by atoms with E-state index in [1.807, 2.05) is 49.0 Å². The van der Waals surface area contributed by atoms with Crippen LogP contribution in [0.4, 0.5) is 10.5 Å². The largest absolute Gasteiger partial charge is 0.331 e. The number of thioether (sulfide) groups is 1. The van der Waals surface area contributed by atoms with Gasteiger partial charge in [0.25, 0.3) is 0 Å². The molecule has 0 aliphatic carbocycles. The number of aromatic nitrogens is 1. The van der Waals surface area contributed by atoms with Gasteiger partial charge >= 0.3 is 6.03 Å². The minimum atomic E-state index is -0.213. The van der Waals surface area contributed by atoms with Crippen LogP contribution in [0.15, 0.2) is 47.4 Å². The summed E-state index contributed by atoms with van der Waals surface area (Å²) >= 11 is 3.46. The number of hydrogen-bond donors (Lipinski definition) is 2. The number of carbonyl (C=O) groups is 1. The molecular formula is C20H23N3OS2. The van der Waals surface area contributed by atoms with Crippen molar-refractivity contribution >= 4 is 45.0 Å². The molecule has 26 heavy (non-hydrogen) atoms. The Morgan fingerprint density at radius 2 is 2.08 bits per heavy atom. The molecule has 1 heterocycles. The lowest BCUT2D eigenvalue weighted by Crippen LogP contribution is -2.28. The Kier molecular flexibility index (Phi) is 6.16. The molecule has 3 rings (SSSR count). The Balaban J connectivity index is 1.57. The van der Waals surface area contributed by atoms with Crippen molar-refractivity contribution in [1.82, 2.24) is 10.3 Å². The molecule has 1 aromatic heterocycles. The van der Waals surface area contributed by atoms with Crippen molar-refractivity contribution in [2.24, 2.45) is 0 Å². The summed E-state index contributed by atoms with van der Waals surface area (Å²) in [6, 6.07) is 13.9. The maximum atomic E-state index is 12.2. The highest BCUT2D eigenvalue weighted by atomic mass is 32.2. The zero-order valence-corrected chi connectivity index (χ0v) is 16.8. The van der Waals surface area contributed by atoms with Crippen LogP contribution in [-0.2, 0) is 6.54 Å². The second-order valence-corrected chi connectivity index (χ2v) is 8.82. The van der Waals surface area contributed by atoms with Crippen LogP contribution in [0.25, 0.3) is 10.2 Å². The summed E-state index contributed by atoms with van der Waals surface area (Å²) in [5.41, 5.74) is 2.87. The van der Waals surface area contributed by atoms with Gasteiger partial charge < -0.3 is 10.6 Å². The van der Waals surface area contributed by atoms with Gasteiger partial charge in [0.2, 0.25) is 0 Å². The van der Waals surface area contributed by atoms with Crippen molar-refractivity contribution in [3.05, 3.63) is 53.0 Å². The number of anilines is 1. The number of nitrogens with zero attached hydrogens (tertiary/aromatic N) is 1. The fraction of sp³-hybridized carbons (Fsp3) is 0.300. The van der Waals surface area contributed by atoms with Gasteiger partial charge in [-0.1, -0.05) is 26.0 Å². The van der Waals surface area contributed by atoms with E-state index < -0.39 is 0 Å². The van der Waals surface area contributed by atoms with Crippen LogP contribution in [0.2, 0.25) is 0 Å². The van der Waals surface area contributed by atoms with Gasteiger partial charge in [-0.3, -0.25) is 0 Å². The second-order valence-electron chi connectivity index (χ2n) is 6.20. The fourth-order valence-electron chi connectivity index (χ4n) is 2.48. The molecule has 0 radical (unpaired) electrons. The van der Waals surface area contributed by atoms with Crippen molar-refractivity contribution < 1.29 is 4.79 Å². The average Bonchev–Trinajstić information content (AvgIpc) is 3.05. The zero-order chi connectivity index (χ0) is 18.5. The van der Waals surface area contributed by atoms with E-state index in [-0.39, 0.29) is 6.03 Å². The van der Waals surface area contributed by atoms with E-state index >= 15 is 0 Å². The van der Waals surface area contributed by atoms with E-state index in [1.54, 1.807) is 11.3 Å². The number of carbonyl (C=O) groups excluding carboxylic acids is 1. The number of fused-ring (bicyclic) bond motifs is 1. The van der Waals surface area contributed by atoms with Gasteiger partial charge in [-0.05, 0) is 49.2 Å². The predicted octanol–water partition coefficient (Wildman–Crippen LogP) is 5.82. The summed E-state index contributed by atoms with van der Waals surface area (Å²) in [6.07, 6.45) is 1.14. The van der Waals surface area contributed by atoms with Crippen molar-refractivity contribution in [2.45, 2.75) is 43.9 Å². The lowest BCUT2D eigenvalue weighted by Gasteiger charge is -2.12. The monoisotopic (exact) mass is 385 g/mol. The molecule has 0 fully saturated rings. The third-order valence-electron chi connectivity index (χ3n) is 4.10. The molecule has 0 saturated heterocycles. The lowest BCUT2D eigenvalue weighted by molar-refractivity contribution is 0.251. The molecule has 136 valence electrons. The van der Waals surface area contributed by atoms with Crippen LogP contribution < -0.4 is 10.6 Å². The van der Waals surface area contributed by atoms with Gasteiger partial charge in [0.1, 0.15) is 5.01 Å². The first-order valence-electron chi connectivity index (χ1n) is 8.71. The van der Waals surface area contributed by atoms with Crippen LogP contribution in [0.5, 0.6) is 0 Å². The van der Waals surface area contributed by atoms with Crippen molar-refractivity contribution in [1.29, 1.82) is 0 Å². The smallest absolute Gasteiger partial charge is 0.319 e. The van der Waals surface area contributed by atoms with Crippen LogP contribution in [0, 0.1) is 6.92 Å². The van der Waals surface area contributed by atoms with E-state index in [9.17, 15) is 4.79 Å². The highest BCUT2D eigenvalue weighted by Crippen LogP contribution is 2.28. The zero-order valence-electron chi connectivity index (χ0n) is 15.2. The Morgan fingerprint density at radius 1 is 1.27 bits per heavy atom.